The Morgan fingerprint density at radius 1 is 1.20 bits per heavy atom. The Morgan fingerprint density at radius 3 is 2.80 bits per heavy atom. The van der Waals surface area contributed by atoms with E-state index in [9.17, 15) is 0 Å². The van der Waals surface area contributed by atoms with Crippen LogP contribution in [0.1, 0.15) is 12.5 Å². The molecular weight excluding hydrogens is 316 g/mol. The number of hydrogen-bond acceptors (Lipinski definition) is 2. The van der Waals surface area contributed by atoms with Gasteiger partial charge in [-0.05, 0) is 65.7 Å². The molecule has 0 saturated heterocycles. The SMILES string of the molecule is CCOc1ccc(-c2nc3ccc(C)cc3[nH]2)cc1Br. The van der Waals surface area contributed by atoms with E-state index in [1.807, 2.05) is 31.2 Å². The third kappa shape index (κ3) is 2.43. The molecule has 20 heavy (non-hydrogen) atoms. The zero-order valence-corrected chi connectivity index (χ0v) is 13.0. The molecule has 0 atom stereocenters. The predicted octanol–water partition coefficient (Wildman–Crippen LogP) is 4.70. The first-order valence-electron chi connectivity index (χ1n) is 6.56. The van der Waals surface area contributed by atoms with Crippen molar-refractivity contribution in [1.82, 2.24) is 9.97 Å². The summed E-state index contributed by atoms with van der Waals surface area (Å²) >= 11 is 3.53. The number of aryl methyl sites for hydroxylation is 1. The lowest BCUT2D eigenvalue weighted by Gasteiger charge is -2.06. The molecule has 2 aromatic carbocycles. The summed E-state index contributed by atoms with van der Waals surface area (Å²) < 4.78 is 6.46. The third-order valence-electron chi connectivity index (χ3n) is 3.14. The van der Waals surface area contributed by atoms with E-state index in [1.165, 1.54) is 5.56 Å². The normalized spacial score (nSPS) is 10.9. The molecule has 1 heterocycles. The largest absolute Gasteiger partial charge is 0.493 e. The lowest BCUT2D eigenvalue weighted by molar-refractivity contribution is 0.338. The monoisotopic (exact) mass is 330 g/mol. The van der Waals surface area contributed by atoms with Gasteiger partial charge in [0.05, 0.1) is 22.1 Å². The van der Waals surface area contributed by atoms with Gasteiger partial charge in [-0.3, -0.25) is 0 Å². The maximum atomic E-state index is 5.52. The summed E-state index contributed by atoms with van der Waals surface area (Å²) in [5.74, 6) is 1.72. The van der Waals surface area contributed by atoms with Gasteiger partial charge in [0.1, 0.15) is 11.6 Å². The predicted molar refractivity (Wildman–Crippen MR) is 85.1 cm³/mol. The quantitative estimate of drug-likeness (QED) is 0.755. The molecule has 1 N–H and O–H groups in total. The Hall–Kier alpha value is -1.81. The maximum absolute atomic E-state index is 5.52. The van der Waals surface area contributed by atoms with E-state index < -0.39 is 0 Å². The lowest BCUT2D eigenvalue weighted by atomic mass is 10.2. The highest BCUT2D eigenvalue weighted by molar-refractivity contribution is 9.10. The number of aromatic amines is 1. The molecule has 0 fully saturated rings. The first kappa shape index (κ1) is 13.2. The van der Waals surface area contributed by atoms with Gasteiger partial charge in [0.2, 0.25) is 0 Å². The summed E-state index contributed by atoms with van der Waals surface area (Å²) in [4.78, 5) is 7.98. The lowest BCUT2D eigenvalue weighted by Crippen LogP contribution is -1.92. The summed E-state index contributed by atoms with van der Waals surface area (Å²) in [6.45, 7) is 4.71. The molecule has 102 valence electrons. The molecule has 3 rings (SSSR count). The number of ether oxygens (including phenoxy) is 1. The van der Waals surface area contributed by atoms with Crippen LogP contribution in [0.3, 0.4) is 0 Å². The molecule has 0 amide bonds. The Labute approximate surface area is 126 Å². The minimum atomic E-state index is 0.655. The second kappa shape index (κ2) is 5.29. The number of H-pyrrole nitrogens is 1. The topological polar surface area (TPSA) is 37.9 Å². The molecule has 0 aliphatic heterocycles. The highest BCUT2D eigenvalue weighted by Crippen LogP contribution is 2.30. The molecule has 4 heteroatoms. The third-order valence-corrected chi connectivity index (χ3v) is 3.76. The van der Waals surface area contributed by atoms with E-state index in [4.69, 9.17) is 4.74 Å². The summed E-state index contributed by atoms with van der Waals surface area (Å²) in [5.41, 5.74) is 4.30. The van der Waals surface area contributed by atoms with Crippen molar-refractivity contribution < 1.29 is 4.74 Å². The number of benzene rings is 2. The standard InChI is InChI=1S/C16H15BrN2O/c1-3-20-15-7-5-11(9-12(15)17)16-18-13-6-4-10(2)8-14(13)19-16/h4-9H,3H2,1-2H3,(H,18,19). The minimum absolute atomic E-state index is 0.655. The van der Waals surface area contributed by atoms with Crippen LogP contribution in [0.15, 0.2) is 40.9 Å². The Morgan fingerprint density at radius 2 is 2.05 bits per heavy atom. The zero-order chi connectivity index (χ0) is 14.1. The first-order valence-corrected chi connectivity index (χ1v) is 7.36. The fourth-order valence-electron chi connectivity index (χ4n) is 2.18. The molecule has 0 bridgehead atoms. The van der Waals surface area contributed by atoms with E-state index in [1.54, 1.807) is 0 Å². The van der Waals surface area contributed by atoms with Crippen LogP contribution in [0.4, 0.5) is 0 Å². The van der Waals surface area contributed by atoms with E-state index in [-0.39, 0.29) is 0 Å². The van der Waals surface area contributed by atoms with Gasteiger partial charge in [0.25, 0.3) is 0 Å². The van der Waals surface area contributed by atoms with Crippen LogP contribution in [0.5, 0.6) is 5.75 Å². The van der Waals surface area contributed by atoms with Crippen molar-refractivity contribution in [2.45, 2.75) is 13.8 Å². The van der Waals surface area contributed by atoms with E-state index in [2.05, 4.69) is 45.0 Å². The highest BCUT2D eigenvalue weighted by Gasteiger charge is 2.08. The molecule has 0 saturated carbocycles. The second-order valence-electron chi connectivity index (χ2n) is 4.68. The van der Waals surface area contributed by atoms with Crippen molar-refractivity contribution in [2.75, 3.05) is 6.61 Å². The van der Waals surface area contributed by atoms with Crippen molar-refractivity contribution in [3.05, 3.63) is 46.4 Å². The molecular formula is C16H15BrN2O. The van der Waals surface area contributed by atoms with E-state index in [0.29, 0.717) is 6.61 Å². The molecule has 0 aliphatic rings. The van der Waals surface area contributed by atoms with Gasteiger partial charge in [0.15, 0.2) is 0 Å². The van der Waals surface area contributed by atoms with Crippen LogP contribution in [-0.2, 0) is 0 Å². The van der Waals surface area contributed by atoms with Crippen LogP contribution < -0.4 is 4.74 Å². The van der Waals surface area contributed by atoms with Crippen LogP contribution in [0, 0.1) is 6.92 Å². The van der Waals surface area contributed by atoms with E-state index in [0.717, 1.165) is 32.6 Å². The number of hydrogen-bond donors (Lipinski definition) is 1. The van der Waals surface area contributed by atoms with Crippen molar-refractivity contribution in [1.29, 1.82) is 0 Å². The van der Waals surface area contributed by atoms with Crippen LogP contribution in [0.2, 0.25) is 0 Å². The van der Waals surface area contributed by atoms with E-state index >= 15 is 0 Å². The van der Waals surface area contributed by atoms with Gasteiger partial charge in [-0.15, -0.1) is 0 Å². The number of nitrogens with zero attached hydrogens (tertiary/aromatic N) is 1. The molecule has 1 aromatic heterocycles. The number of rotatable bonds is 3. The molecule has 0 radical (unpaired) electrons. The molecule has 3 nitrogen and oxygen atoms in total. The smallest absolute Gasteiger partial charge is 0.138 e. The van der Waals surface area contributed by atoms with Gasteiger partial charge >= 0.3 is 0 Å². The summed E-state index contributed by atoms with van der Waals surface area (Å²) in [7, 11) is 0. The van der Waals surface area contributed by atoms with Gasteiger partial charge < -0.3 is 9.72 Å². The summed E-state index contributed by atoms with van der Waals surface area (Å²) in [6.07, 6.45) is 0. The number of aromatic nitrogens is 2. The minimum Gasteiger partial charge on any atom is -0.493 e. The number of fused-ring (bicyclic) bond motifs is 1. The van der Waals surface area contributed by atoms with Gasteiger partial charge in [-0.25, -0.2) is 4.98 Å². The van der Waals surface area contributed by atoms with Crippen molar-refractivity contribution in [3.63, 3.8) is 0 Å². The first-order chi connectivity index (χ1) is 9.67. The maximum Gasteiger partial charge on any atom is 0.138 e. The molecule has 0 unspecified atom stereocenters. The van der Waals surface area contributed by atoms with Crippen LogP contribution in [0.25, 0.3) is 22.4 Å². The van der Waals surface area contributed by atoms with Crippen LogP contribution in [-0.4, -0.2) is 16.6 Å². The molecule has 3 aromatic rings. The van der Waals surface area contributed by atoms with Gasteiger partial charge in [-0.2, -0.15) is 0 Å². The Bertz CT molecular complexity index is 764. The second-order valence-corrected chi connectivity index (χ2v) is 5.54. The van der Waals surface area contributed by atoms with Crippen molar-refractivity contribution in [3.8, 4) is 17.1 Å². The Kier molecular flexibility index (Phi) is 3.49. The number of nitrogens with one attached hydrogen (secondary N) is 1. The average molecular weight is 331 g/mol. The summed E-state index contributed by atoms with van der Waals surface area (Å²) in [5, 5.41) is 0. The van der Waals surface area contributed by atoms with Gasteiger partial charge in [0, 0.05) is 5.56 Å². The van der Waals surface area contributed by atoms with Crippen LogP contribution >= 0.6 is 15.9 Å². The van der Waals surface area contributed by atoms with Gasteiger partial charge in [-0.1, -0.05) is 6.07 Å². The van der Waals surface area contributed by atoms with Crippen molar-refractivity contribution in [2.24, 2.45) is 0 Å². The Balaban J connectivity index is 2.04. The summed E-state index contributed by atoms with van der Waals surface area (Å²) in [6, 6.07) is 12.2. The number of imidazole rings is 1. The zero-order valence-electron chi connectivity index (χ0n) is 11.4. The highest BCUT2D eigenvalue weighted by atomic mass is 79.9. The fourth-order valence-corrected chi connectivity index (χ4v) is 2.67. The fraction of sp³-hybridized carbons (Fsp3) is 0.188. The molecule has 0 aliphatic carbocycles. The number of halogens is 1. The average Bonchev–Trinajstić information content (AvgIpc) is 2.84. The van der Waals surface area contributed by atoms with Crippen molar-refractivity contribution >= 4 is 27.0 Å². The molecule has 0 spiro atoms.